The van der Waals surface area contributed by atoms with Crippen molar-refractivity contribution in [1.82, 2.24) is 0 Å². The highest BCUT2D eigenvalue weighted by Crippen LogP contribution is 2.59. The first-order chi connectivity index (χ1) is 5.93. The van der Waals surface area contributed by atoms with Crippen LogP contribution in [-0.4, -0.2) is 18.9 Å². The Hall–Kier alpha value is -0.510. The van der Waals surface area contributed by atoms with Gasteiger partial charge in [0.2, 0.25) is 0 Å². The molecule has 13 heavy (non-hydrogen) atoms. The van der Waals surface area contributed by atoms with Gasteiger partial charge in [0.25, 0.3) is 0 Å². The summed E-state index contributed by atoms with van der Waals surface area (Å²) in [6, 6.07) is 0. The minimum Gasteiger partial charge on any atom is -0.369 e. The monoisotopic (exact) mass is 192 g/mol. The molecule has 0 aliphatic heterocycles. The van der Waals surface area contributed by atoms with Crippen molar-refractivity contribution in [2.45, 2.75) is 31.0 Å². The van der Waals surface area contributed by atoms with Gasteiger partial charge in [-0.05, 0) is 19.3 Å². The summed E-state index contributed by atoms with van der Waals surface area (Å²) in [5.41, 5.74) is -2.15. The zero-order valence-corrected chi connectivity index (χ0v) is 7.32. The van der Waals surface area contributed by atoms with Gasteiger partial charge in [0.1, 0.15) is 0 Å². The molecule has 0 radical (unpaired) electrons. The molecule has 1 nitrogen and oxygen atoms in total. The van der Waals surface area contributed by atoms with E-state index in [9.17, 15) is 13.2 Å². The van der Waals surface area contributed by atoms with E-state index in [-0.39, 0.29) is 18.3 Å². The lowest BCUT2D eigenvalue weighted by Gasteiger charge is -2.30. The van der Waals surface area contributed by atoms with Crippen LogP contribution in [-0.2, 0) is 4.74 Å². The largest absolute Gasteiger partial charge is 0.417 e. The first kappa shape index (κ1) is 9.06. The fraction of sp³-hybridized carbons (Fsp3) is 0.778. The molecule has 0 aromatic rings. The molecular weight excluding hydrogens is 181 g/mol. The lowest BCUT2D eigenvalue weighted by Crippen LogP contribution is -2.44. The van der Waals surface area contributed by atoms with Crippen LogP contribution < -0.4 is 0 Å². The van der Waals surface area contributed by atoms with E-state index in [2.05, 4.69) is 4.74 Å². The van der Waals surface area contributed by atoms with E-state index in [4.69, 9.17) is 0 Å². The Morgan fingerprint density at radius 1 is 1.23 bits per heavy atom. The van der Waals surface area contributed by atoms with Gasteiger partial charge in [0, 0.05) is 12.5 Å². The number of halogens is 3. The van der Waals surface area contributed by atoms with Gasteiger partial charge >= 0.3 is 6.18 Å². The molecule has 2 aliphatic rings. The molecule has 1 spiro atoms. The number of hydrogen-bond donors (Lipinski definition) is 0. The van der Waals surface area contributed by atoms with E-state index < -0.39 is 11.8 Å². The maximum Gasteiger partial charge on any atom is 0.417 e. The van der Waals surface area contributed by atoms with Crippen LogP contribution in [0.15, 0.2) is 12.2 Å². The van der Waals surface area contributed by atoms with Crippen LogP contribution >= 0.6 is 0 Å². The van der Waals surface area contributed by atoms with Gasteiger partial charge in [-0.2, -0.15) is 13.2 Å². The van der Waals surface area contributed by atoms with Gasteiger partial charge in [0.05, 0.1) is 0 Å². The third-order valence-corrected chi connectivity index (χ3v) is 3.15. The highest BCUT2D eigenvalue weighted by Gasteiger charge is 2.63. The van der Waals surface area contributed by atoms with E-state index >= 15 is 0 Å². The molecule has 2 aliphatic carbocycles. The average Bonchev–Trinajstić information content (AvgIpc) is 2.61. The van der Waals surface area contributed by atoms with Crippen LogP contribution in [0.3, 0.4) is 0 Å². The molecule has 1 fully saturated rings. The van der Waals surface area contributed by atoms with Crippen LogP contribution in [0.4, 0.5) is 13.2 Å². The van der Waals surface area contributed by atoms with Gasteiger partial charge in [0.15, 0.2) is 5.60 Å². The van der Waals surface area contributed by atoms with E-state index in [1.807, 2.05) is 12.2 Å². The predicted molar refractivity (Wildman–Crippen MR) is 41.2 cm³/mol. The highest BCUT2D eigenvalue weighted by atomic mass is 19.4. The normalized spacial score (nSPS) is 35.7. The van der Waals surface area contributed by atoms with Crippen LogP contribution in [0.5, 0.6) is 0 Å². The lowest BCUT2D eigenvalue weighted by molar-refractivity contribution is -0.268. The molecule has 1 atom stereocenters. The Kier molecular flexibility index (Phi) is 1.60. The summed E-state index contributed by atoms with van der Waals surface area (Å²) in [6.45, 7) is 0. The Balaban J connectivity index is 2.18. The van der Waals surface area contributed by atoms with Crippen molar-refractivity contribution in [2.24, 2.45) is 5.41 Å². The van der Waals surface area contributed by atoms with Crippen molar-refractivity contribution in [1.29, 1.82) is 0 Å². The Labute approximate surface area is 74.6 Å². The first-order valence-electron chi connectivity index (χ1n) is 4.25. The van der Waals surface area contributed by atoms with E-state index in [1.165, 1.54) is 0 Å². The van der Waals surface area contributed by atoms with Gasteiger partial charge in [-0.3, -0.25) is 0 Å². The highest BCUT2D eigenvalue weighted by molar-refractivity contribution is 5.31. The molecule has 74 valence electrons. The van der Waals surface area contributed by atoms with Crippen molar-refractivity contribution in [3.63, 3.8) is 0 Å². The third-order valence-electron chi connectivity index (χ3n) is 3.15. The average molecular weight is 192 g/mol. The molecule has 0 bridgehead atoms. The van der Waals surface area contributed by atoms with Crippen LogP contribution in [0, 0.1) is 5.41 Å². The first-order valence-corrected chi connectivity index (χ1v) is 4.25. The number of ether oxygens (including phenoxy) is 1. The fourth-order valence-corrected chi connectivity index (χ4v) is 2.08. The summed E-state index contributed by atoms with van der Waals surface area (Å²) in [5, 5.41) is 0. The van der Waals surface area contributed by atoms with Crippen molar-refractivity contribution in [2.75, 3.05) is 7.11 Å². The van der Waals surface area contributed by atoms with Crippen molar-refractivity contribution in [3.05, 3.63) is 12.2 Å². The Bertz CT molecular complexity index is 250. The second-order valence-corrected chi connectivity index (χ2v) is 3.94. The lowest BCUT2D eigenvalue weighted by atomic mass is 9.96. The molecule has 0 heterocycles. The molecule has 0 N–H and O–H groups in total. The molecular formula is C9H11F3O. The Morgan fingerprint density at radius 2 is 1.85 bits per heavy atom. The van der Waals surface area contributed by atoms with Gasteiger partial charge in [-0.15, -0.1) is 0 Å². The fourth-order valence-electron chi connectivity index (χ4n) is 2.08. The molecule has 2 rings (SSSR count). The van der Waals surface area contributed by atoms with E-state index in [0.717, 1.165) is 7.11 Å². The molecule has 0 aromatic heterocycles. The zero-order valence-electron chi connectivity index (χ0n) is 7.32. The topological polar surface area (TPSA) is 9.23 Å². The summed E-state index contributed by atoms with van der Waals surface area (Å²) in [5.74, 6) is 0. The molecule has 0 saturated heterocycles. The molecule has 0 amide bonds. The zero-order chi connectivity index (χ0) is 9.74. The summed E-state index contributed by atoms with van der Waals surface area (Å²) in [4.78, 5) is 0. The standard InChI is InChI=1S/C9H11F3O/c1-13-8(9(10,11)12)5-4-7(6-8)2-3-7/h2-3H,4-6H2,1H3. The third kappa shape index (κ3) is 1.19. The van der Waals surface area contributed by atoms with E-state index in [1.54, 1.807) is 0 Å². The maximum atomic E-state index is 12.6. The predicted octanol–water partition coefficient (Wildman–Crippen LogP) is 2.67. The maximum absolute atomic E-state index is 12.6. The SMILES string of the molecule is COC1(C(F)(F)F)CCC2(C=C2)C1. The van der Waals surface area contributed by atoms with Crippen LogP contribution in [0.25, 0.3) is 0 Å². The number of methoxy groups -OCH3 is 1. The van der Waals surface area contributed by atoms with E-state index in [0.29, 0.717) is 6.42 Å². The number of hydrogen-bond acceptors (Lipinski definition) is 1. The molecule has 0 aromatic carbocycles. The number of allylic oxidation sites excluding steroid dienone is 2. The molecule has 4 heteroatoms. The second kappa shape index (κ2) is 2.29. The van der Waals surface area contributed by atoms with Crippen LogP contribution in [0.1, 0.15) is 19.3 Å². The van der Waals surface area contributed by atoms with Crippen molar-refractivity contribution < 1.29 is 17.9 Å². The number of alkyl halides is 3. The molecule has 1 saturated carbocycles. The summed E-state index contributed by atoms with van der Waals surface area (Å²) in [7, 11) is 1.15. The van der Waals surface area contributed by atoms with Crippen molar-refractivity contribution >= 4 is 0 Å². The summed E-state index contributed by atoms with van der Waals surface area (Å²) >= 11 is 0. The van der Waals surface area contributed by atoms with Gasteiger partial charge in [-0.1, -0.05) is 12.2 Å². The Morgan fingerprint density at radius 3 is 2.08 bits per heavy atom. The van der Waals surface area contributed by atoms with Gasteiger partial charge in [-0.25, -0.2) is 0 Å². The minimum atomic E-state index is -4.24. The summed E-state index contributed by atoms with van der Waals surface area (Å²) in [6.07, 6.45) is 0.175. The number of rotatable bonds is 1. The second-order valence-electron chi connectivity index (χ2n) is 3.94. The minimum absolute atomic E-state index is 0.0694. The van der Waals surface area contributed by atoms with Crippen LogP contribution in [0.2, 0.25) is 0 Å². The van der Waals surface area contributed by atoms with Gasteiger partial charge < -0.3 is 4.74 Å². The smallest absolute Gasteiger partial charge is 0.369 e. The quantitative estimate of drug-likeness (QED) is 0.580. The molecule has 1 unspecified atom stereocenters. The summed E-state index contributed by atoms with van der Waals surface area (Å²) < 4.78 is 42.6. The van der Waals surface area contributed by atoms with Crippen molar-refractivity contribution in [3.8, 4) is 0 Å².